The van der Waals surface area contributed by atoms with Crippen LogP contribution in [0.15, 0.2) is 0 Å². The molecule has 0 heterocycles. The molecule has 0 spiro atoms. The van der Waals surface area contributed by atoms with Gasteiger partial charge in [-0.05, 0) is 31.4 Å². The first kappa shape index (κ1) is 12.8. The summed E-state index contributed by atoms with van der Waals surface area (Å²) >= 11 is 1.72. The average Bonchev–Trinajstić information content (AvgIpc) is 2.69. The molecule has 1 aliphatic rings. The molecule has 1 N–H and O–H groups in total. The topological polar surface area (TPSA) is 46.5 Å². The summed E-state index contributed by atoms with van der Waals surface area (Å²) in [6, 6.07) is 0. The molecule has 88 valence electrons. The van der Waals surface area contributed by atoms with Crippen LogP contribution < -0.4 is 0 Å². The Morgan fingerprint density at radius 1 is 1.53 bits per heavy atom. The van der Waals surface area contributed by atoms with Gasteiger partial charge in [0.05, 0.1) is 0 Å². The van der Waals surface area contributed by atoms with E-state index in [2.05, 4.69) is 0 Å². The first-order chi connectivity index (χ1) is 7.24. The maximum Gasteiger partial charge on any atom is 0.333 e. The summed E-state index contributed by atoms with van der Waals surface area (Å²) < 4.78 is 5.15. The van der Waals surface area contributed by atoms with Crippen LogP contribution in [0, 0.1) is 5.92 Å². The zero-order valence-corrected chi connectivity index (χ0v) is 10.1. The van der Waals surface area contributed by atoms with Gasteiger partial charge in [0.2, 0.25) is 0 Å². The lowest BCUT2D eigenvalue weighted by Gasteiger charge is -2.13. The molecule has 0 bridgehead atoms. The third-order valence-electron chi connectivity index (χ3n) is 2.74. The molecule has 0 saturated heterocycles. The van der Waals surface area contributed by atoms with E-state index in [1.54, 1.807) is 11.8 Å². The third kappa shape index (κ3) is 4.89. The van der Waals surface area contributed by atoms with Crippen molar-refractivity contribution in [2.75, 3.05) is 18.1 Å². The molecule has 0 amide bonds. The predicted molar refractivity (Wildman–Crippen MR) is 62.3 cm³/mol. The van der Waals surface area contributed by atoms with Crippen molar-refractivity contribution in [3.05, 3.63) is 0 Å². The molecule has 0 aromatic heterocycles. The van der Waals surface area contributed by atoms with E-state index >= 15 is 0 Å². The summed E-state index contributed by atoms with van der Waals surface area (Å²) in [4.78, 5) is 10.8. The summed E-state index contributed by atoms with van der Waals surface area (Å²) in [5, 5.41) is 8.86. The van der Waals surface area contributed by atoms with Crippen molar-refractivity contribution in [2.45, 2.75) is 38.7 Å². The fraction of sp³-hybridized carbons (Fsp3) is 0.909. The molecule has 15 heavy (non-hydrogen) atoms. The Morgan fingerprint density at radius 2 is 2.20 bits per heavy atom. The van der Waals surface area contributed by atoms with Gasteiger partial charge >= 0.3 is 5.97 Å². The molecule has 1 unspecified atom stereocenters. The molecule has 1 saturated carbocycles. The van der Waals surface area contributed by atoms with Gasteiger partial charge in [-0.15, -0.1) is 0 Å². The predicted octanol–water partition coefficient (Wildman–Crippen LogP) is 2.40. The Labute approximate surface area is 95.6 Å². The molecule has 0 aliphatic heterocycles. The molecular weight excluding hydrogens is 212 g/mol. The maximum atomic E-state index is 10.8. The average molecular weight is 232 g/mol. The van der Waals surface area contributed by atoms with Crippen molar-refractivity contribution >= 4 is 17.7 Å². The molecule has 3 nitrogen and oxygen atoms in total. The Morgan fingerprint density at radius 3 is 2.73 bits per heavy atom. The van der Waals surface area contributed by atoms with E-state index in [9.17, 15) is 4.79 Å². The van der Waals surface area contributed by atoms with Crippen molar-refractivity contribution in [3.8, 4) is 0 Å². The lowest BCUT2D eigenvalue weighted by molar-refractivity contribution is -0.148. The molecule has 1 fully saturated rings. The molecular formula is C11H20O3S. The van der Waals surface area contributed by atoms with Crippen LogP contribution in [0.3, 0.4) is 0 Å². The summed E-state index contributed by atoms with van der Waals surface area (Å²) in [7, 11) is 0. The Balaban J connectivity index is 2.12. The van der Waals surface area contributed by atoms with Crippen LogP contribution in [0.5, 0.6) is 0 Å². The summed E-state index contributed by atoms with van der Waals surface area (Å²) in [6.07, 6.45) is 4.71. The van der Waals surface area contributed by atoms with Crippen molar-refractivity contribution in [1.29, 1.82) is 0 Å². The first-order valence-corrected chi connectivity index (χ1v) is 6.81. The Kier molecular flexibility index (Phi) is 6.10. The molecule has 1 atom stereocenters. The first-order valence-electron chi connectivity index (χ1n) is 5.66. The van der Waals surface area contributed by atoms with E-state index in [4.69, 9.17) is 9.84 Å². The van der Waals surface area contributed by atoms with Gasteiger partial charge in [-0.25, -0.2) is 4.79 Å². The van der Waals surface area contributed by atoms with E-state index < -0.39 is 12.1 Å². The van der Waals surface area contributed by atoms with Gasteiger partial charge in [-0.3, -0.25) is 0 Å². The van der Waals surface area contributed by atoms with Crippen molar-refractivity contribution < 1.29 is 14.6 Å². The standard InChI is InChI=1S/C11H20O3S/c1-2-14-10(11(12)13)8-15-7-9-5-3-4-6-9/h9-10H,2-8H2,1H3,(H,12,13). The zero-order valence-electron chi connectivity index (χ0n) is 9.28. The number of carboxylic acids is 1. The van der Waals surface area contributed by atoms with Crippen LogP contribution in [-0.2, 0) is 9.53 Å². The number of carboxylic acid groups (broad SMARTS) is 1. The Hall–Kier alpha value is -0.220. The molecule has 0 aromatic carbocycles. The number of rotatable bonds is 7. The molecule has 0 radical (unpaired) electrons. The summed E-state index contributed by atoms with van der Waals surface area (Å²) in [5.74, 6) is 1.65. The minimum Gasteiger partial charge on any atom is -0.479 e. The number of aliphatic carboxylic acids is 1. The largest absolute Gasteiger partial charge is 0.479 e. The van der Waals surface area contributed by atoms with Gasteiger partial charge < -0.3 is 9.84 Å². The monoisotopic (exact) mass is 232 g/mol. The number of carbonyl (C=O) groups is 1. The highest BCUT2D eigenvalue weighted by Gasteiger charge is 2.19. The SMILES string of the molecule is CCOC(CSCC1CCCC1)C(=O)O. The van der Waals surface area contributed by atoms with E-state index in [0.29, 0.717) is 12.4 Å². The van der Waals surface area contributed by atoms with Crippen molar-refractivity contribution in [2.24, 2.45) is 5.92 Å². The molecule has 0 aromatic rings. The van der Waals surface area contributed by atoms with E-state index in [0.717, 1.165) is 11.7 Å². The van der Waals surface area contributed by atoms with E-state index in [1.807, 2.05) is 6.92 Å². The second-order valence-electron chi connectivity index (χ2n) is 3.97. The fourth-order valence-electron chi connectivity index (χ4n) is 1.91. The number of thioether (sulfide) groups is 1. The summed E-state index contributed by atoms with van der Waals surface area (Å²) in [6.45, 7) is 2.30. The quantitative estimate of drug-likeness (QED) is 0.732. The van der Waals surface area contributed by atoms with Crippen LogP contribution in [-0.4, -0.2) is 35.3 Å². The number of hydrogen-bond donors (Lipinski definition) is 1. The van der Waals surface area contributed by atoms with Crippen LogP contribution in [0.25, 0.3) is 0 Å². The van der Waals surface area contributed by atoms with E-state index in [1.165, 1.54) is 25.7 Å². The fourth-order valence-corrected chi connectivity index (χ4v) is 3.17. The van der Waals surface area contributed by atoms with Crippen LogP contribution >= 0.6 is 11.8 Å². The van der Waals surface area contributed by atoms with E-state index in [-0.39, 0.29) is 0 Å². The second kappa shape index (κ2) is 7.12. The minimum atomic E-state index is -0.837. The van der Waals surface area contributed by atoms with Gasteiger partial charge in [0.1, 0.15) is 0 Å². The lowest BCUT2D eigenvalue weighted by Crippen LogP contribution is -2.26. The highest BCUT2D eigenvalue weighted by molar-refractivity contribution is 7.99. The van der Waals surface area contributed by atoms with Gasteiger partial charge in [0.15, 0.2) is 6.10 Å². The minimum absolute atomic E-state index is 0.473. The molecule has 1 rings (SSSR count). The van der Waals surface area contributed by atoms with Crippen LogP contribution in [0.1, 0.15) is 32.6 Å². The van der Waals surface area contributed by atoms with Gasteiger partial charge in [0.25, 0.3) is 0 Å². The summed E-state index contributed by atoms with van der Waals surface area (Å²) in [5.41, 5.74) is 0. The van der Waals surface area contributed by atoms with Crippen molar-refractivity contribution in [1.82, 2.24) is 0 Å². The Bertz CT molecular complexity index is 190. The number of ether oxygens (including phenoxy) is 1. The highest BCUT2D eigenvalue weighted by atomic mass is 32.2. The van der Waals surface area contributed by atoms with Crippen molar-refractivity contribution in [3.63, 3.8) is 0 Å². The smallest absolute Gasteiger partial charge is 0.333 e. The highest BCUT2D eigenvalue weighted by Crippen LogP contribution is 2.28. The molecule has 1 aliphatic carbocycles. The number of hydrogen-bond acceptors (Lipinski definition) is 3. The van der Waals surface area contributed by atoms with Gasteiger partial charge in [-0.1, -0.05) is 12.8 Å². The van der Waals surface area contributed by atoms with Gasteiger partial charge in [0, 0.05) is 12.4 Å². The van der Waals surface area contributed by atoms with Crippen LogP contribution in [0.4, 0.5) is 0 Å². The normalized spacial score (nSPS) is 19.3. The second-order valence-corrected chi connectivity index (χ2v) is 5.05. The molecule has 4 heteroatoms. The third-order valence-corrected chi connectivity index (χ3v) is 3.99. The lowest BCUT2D eigenvalue weighted by atomic mass is 10.1. The van der Waals surface area contributed by atoms with Gasteiger partial charge in [-0.2, -0.15) is 11.8 Å². The maximum absolute atomic E-state index is 10.8. The van der Waals surface area contributed by atoms with Crippen LogP contribution in [0.2, 0.25) is 0 Å². The zero-order chi connectivity index (χ0) is 11.1.